The normalized spacial score (nSPS) is 10.6. The Kier molecular flexibility index (Phi) is 4.53. The molecule has 2 aromatic heterocycles. The summed E-state index contributed by atoms with van der Waals surface area (Å²) in [7, 11) is 0. The molecule has 0 aliphatic carbocycles. The van der Waals surface area contributed by atoms with E-state index in [4.69, 9.17) is 4.42 Å². The summed E-state index contributed by atoms with van der Waals surface area (Å²) in [5.74, 6) is -1.73. The summed E-state index contributed by atoms with van der Waals surface area (Å²) < 4.78 is 5.86. The summed E-state index contributed by atoms with van der Waals surface area (Å²) in [5.41, 5.74) is 4.45. The Morgan fingerprint density at radius 1 is 1.43 bits per heavy atom. The lowest BCUT2D eigenvalue weighted by Crippen LogP contribution is -2.45. The molecule has 0 aromatic carbocycles. The molecule has 2 N–H and O–H groups in total. The van der Waals surface area contributed by atoms with Crippen molar-refractivity contribution in [2.75, 3.05) is 0 Å². The van der Waals surface area contributed by atoms with Crippen molar-refractivity contribution in [3.8, 4) is 10.8 Å². The minimum Gasteiger partial charge on any atom is -0.387 e. The maximum absolute atomic E-state index is 11.6. The van der Waals surface area contributed by atoms with Crippen molar-refractivity contribution >= 4 is 23.2 Å². The first-order valence-electron chi connectivity index (χ1n) is 6.18. The second kappa shape index (κ2) is 6.35. The van der Waals surface area contributed by atoms with Crippen LogP contribution < -0.4 is 16.6 Å². The standard InChI is InChI=1S/C12H14N4O4S/c1-7(2)10(18)14-13-9(17)6-16-12(19)20-11(15-16)8-4-3-5-21-8/h3-5,7H,6H2,1-2H3,(H,13,17)(H,14,18). The van der Waals surface area contributed by atoms with Gasteiger partial charge in [-0.3, -0.25) is 20.4 Å². The van der Waals surface area contributed by atoms with Gasteiger partial charge in [0.05, 0.1) is 4.88 Å². The summed E-state index contributed by atoms with van der Waals surface area (Å²) in [6.45, 7) is 3.04. The third kappa shape index (κ3) is 3.78. The van der Waals surface area contributed by atoms with Crippen LogP contribution in [0.15, 0.2) is 26.7 Å². The molecule has 0 aliphatic rings. The molecular weight excluding hydrogens is 296 g/mol. The van der Waals surface area contributed by atoms with E-state index in [-0.39, 0.29) is 24.3 Å². The molecule has 2 heterocycles. The van der Waals surface area contributed by atoms with E-state index in [9.17, 15) is 14.4 Å². The summed E-state index contributed by atoms with van der Waals surface area (Å²) >= 11 is 1.37. The van der Waals surface area contributed by atoms with Gasteiger partial charge in [-0.1, -0.05) is 19.9 Å². The number of thiophene rings is 1. The number of carbonyl (C=O) groups is 2. The minimum absolute atomic E-state index is 0.161. The molecule has 0 spiro atoms. The highest BCUT2D eigenvalue weighted by molar-refractivity contribution is 7.13. The average Bonchev–Trinajstić information content (AvgIpc) is 3.06. The zero-order chi connectivity index (χ0) is 15.4. The van der Waals surface area contributed by atoms with E-state index in [1.54, 1.807) is 26.0 Å². The minimum atomic E-state index is -0.733. The van der Waals surface area contributed by atoms with Gasteiger partial charge in [0.1, 0.15) is 6.54 Å². The highest BCUT2D eigenvalue weighted by Crippen LogP contribution is 2.20. The van der Waals surface area contributed by atoms with E-state index in [1.807, 2.05) is 5.38 Å². The Bertz CT molecular complexity index is 686. The Morgan fingerprint density at radius 2 is 2.19 bits per heavy atom. The molecule has 0 saturated heterocycles. The first-order chi connectivity index (χ1) is 9.97. The maximum atomic E-state index is 11.6. The number of hydrogen-bond acceptors (Lipinski definition) is 6. The molecule has 2 aromatic rings. The van der Waals surface area contributed by atoms with E-state index >= 15 is 0 Å². The van der Waals surface area contributed by atoms with Crippen molar-refractivity contribution in [1.29, 1.82) is 0 Å². The third-order valence-electron chi connectivity index (χ3n) is 2.48. The summed E-state index contributed by atoms with van der Waals surface area (Å²) in [6.07, 6.45) is 0. The van der Waals surface area contributed by atoms with Crippen LogP contribution in [-0.4, -0.2) is 21.6 Å². The highest BCUT2D eigenvalue weighted by atomic mass is 32.1. The van der Waals surface area contributed by atoms with Gasteiger partial charge in [0.2, 0.25) is 5.91 Å². The van der Waals surface area contributed by atoms with E-state index < -0.39 is 11.7 Å². The molecule has 9 heteroatoms. The Morgan fingerprint density at radius 3 is 2.81 bits per heavy atom. The zero-order valence-corrected chi connectivity index (χ0v) is 12.3. The Labute approximate surface area is 123 Å². The number of nitrogens with one attached hydrogen (secondary N) is 2. The third-order valence-corrected chi connectivity index (χ3v) is 3.34. The molecule has 0 bridgehead atoms. The molecule has 0 unspecified atom stereocenters. The molecule has 0 saturated carbocycles. The number of amides is 2. The van der Waals surface area contributed by atoms with Crippen molar-refractivity contribution in [3.05, 3.63) is 28.1 Å². The van der Waals surface area contributed by atoms with Gasteiger partial charge < -0.3 is 4.42 Å². The van der Waals surface area contributed by atoms with Crippen LogP contribution in [0.5, 0.6) is 0 Å². The largest absolute Gasteiger partial charge is 0.437 e. The van der Waals surface area contributed by atoms with Crippen LogP contribution in [0.2, 0.25) is 0 Å². The SMILES string of the molecule is CC(C)C(=O)NNC(=O)Cn1nc(-c2cccs2)oc1=O. The van der Waals surface area contributed by atoms with Crippen LogP contribution in [0.25, 0.3) is 10.8 Å². The van der Waals surface area contributed by atoms with Gasteiger partial charge >= 0.3 is 5.76 Å². The lowest BCUT2D eigenvalue weighted by atomic mass is 10.2. The van der Waals surface area contributed by atoms with Gasteiger partial charge in [0, 0.05) is 5.92 Å². The molecule has 0 aliphatic heterocycles. The smallest absolute Gasteiger partial charge is 0.387 e. The maximum Gasteiger partial charge on any atom is 0.437 e. The molecule has 21 heavy (non-hydrogen) atoms. The quantitative estimate of drug-likeness (QED) is 0.793. The van der Waals surface area contributed by atoms with Crippen LogP contribution >= 0.6 is 11.3 Å². The van der Waals surface area contributed by atoms with E-state index in [0.29, 0.717) is 4.88 Å². The van der Waals surface area contributed by atoms with Crippen LogP contribution in [0.1, 0.15) is 13.8 Å². The summed E-state index contributed by atoms with van der Waals surface area (Å²) in [5, 5.41) is 5.75. The molecule has 2 rings (SSSR count). The zero-order valence-electron chi connectivity index (χ0n) is 11.5. The van der Waals surface area contributed by atoms with Crippen molar-refractivity contribution in [2.24, 2.45) is 5.92 Å². The fourth-order valence-electron chi connectivity index (χ4n) is 1.36. The van der Waals surface area contributed by atoms with Crippen LogP contribution in [-0.2, 0) is 16.1 Å². The monoisotopic (exact) mass is 310 g/mol. The van der Waals surface area contributed by atoms with Gasteiger partial charge in [-0.15, -0.1) is 16.4 Å². The first-order valence-corrected chi connectivity index (χ1v) is 7.06. The van der Waals surface area contributed by atoms with Crippen molar-refractivity contribution in [1.82, 2.24) is 20.6 Å². The number of hydrogen-bond donors (Lipinski definition) is 2. The first kappa shape index (κ1) is 15.0. The average molecular weight is 310 g/mol. The van der Waals surface area contributed by atoms with Gasteiger partial charge in [0.25, 0.3) is 11.8 Å². The van der Waals surface area contributed by atoms with Crippen LogP contribution in [0.4, 0.5) is 0 Å². The molecular formula is C12H14N4O4S. The fraction of sp³-hybridized carbons (Fsp3) is 0.333. The number of aromatic nitrogens is 2. The number of rotatable bonds is 4. The second-order valence-corrected chi connectivity index (χ2v) is 5.45. The summed E-state index contributed by atoms with van der Waals surface area (Å²) in [4.78, 5) is 35.2. The lowest BCUT2D eigenvalue weighted by molar-refractivity contribution is -0.131. The Hall–Kier alpha value is -2.42. The van der Waals surface area contributed by atoms with E-state index in [2.05, 4.69) is 16.0 Å². The van der Waals surface area contributed by atoms with Gasteiger partial charge in [-0.25, -0.2) is 4.79 Å². The van der Waals surface area contributed by atoms with E-state index in [1.165, 1.54) is 11.3 Å². The van der Waals surface area contributed by atoms with Crippen molar-refractivity contribution in [2.45, 2.75) is 20.4 Å². The highest BCUT2D eigenvalue weighted by Gasteiger charge is 2.14. The van der Waals surface area contributed by atoms with Crippen LogP contribution in [0.3, 0.4) is 0 Å². The Balaban J connectivity index is 1.99. The molecule has 112 valence electrons. The molecule has 0 fully saturated rings. The topological polar surface area (TPSA) is 106 Å². The molecule has 2 amide bonds. The molecule has 0 atom stereocenters. The number of carbonyl (C=O) groups excluding carboxylic acids is 2. The molecule has 8 nitrogen and oxygen atoms in total. The second-order valence-electron chi connectivity index (χ2n) is 4.50. The van der Waals surface area contributed by atoms with Gasteiger partial charge in [-0.05, 0) is 11.4 Å². The van der Waals surface area contributed by atoms with Gasteiger partial charge in [-0.2, -0.15) is 4.68 Å². The van der Waals surface area contributed by atoms with E-state index in [0.717, 1.165) is 4.68 Å². The van der Waals surface area contributed by atoms with Crippen molar-refractivity contribution in [3.63, 3.8) is 0 Å². The predicted molar refractivity (Wildman–Crippen MR) is 75.2 cm³/mol. The predicted octanol–water partition coefficient (Wildman–Crippen LogP) is 0.368. The fourth-order valence-corrected chi connectivity index (χ4v) is 2.00. The number of nitrogens with zero attached hydrogens (tertiary/aromatic N) is 2. The summed E-state index contributed by atoms with van der Waals surface area (Å²) in [6, 6.07) is 3.55. The van der Waals surface area contributed by atoms with Crippen LogP contribution in [0, 0.1) is 5.92 Å². The molecule has 0 radical (unpaired) electrons. The number of hydrazine groups is 1. The van der Waals surface area contributed by atoms with Crippen molar-refractivity contribution < 1.29 is 14.0 Å². The van der Waals surface area contributed by atoms with Gasteiger partial charge in [0.15, 0.2) is 0 Å². The lowest BCUT2D eigenvalue weighted by Gasteiger charge is -2.08.